The van der Waals surface area contributed by atoms with Crippen molar-refractivity contribution < 1.29 is 4.79 Å². The highest BCUT2D eigenvalue weighted by atomic mass is 35.6. The van der Waals surface area contributed by atoms with Crippen molar-refractivity contribution in [2.45, 2.75) is 8.69 Å². The molecular weight excluding hydrogens is 468 g/mol. The van der Waals surface area contributed by atoms with Crippen molar-refractivity contribution in [1.29, 1.82) is 0 Å². The van der Waals surface area contributed by atoms with Crippen LogP contribution in [0.2, 0.25) is 10.0 Å². The number of carbonyl (C=O) groups excluding carboxylic acids is 1. The number of nitrogens with one attached hydrogen (secondary N) is 1. The summed E-state index contributed by atoms with van der Waals surface area (Å²) >= 11 is 30.5. The van der Waals surface area contributed by atoms with Gasteiger partial charge in [0, 0.05) is 16.3 Å². The number of hydrogen-bond donors (Lipinski definition) is 1. The topological polar surface area (TPSA) is 29.1 Å². The Morgan fingerprint density at radius 1 is 1.07 bits per heavy atom. The van der Waals surface area contributed by atoms with Crippen LogP contribution >= 0.6 is 69.8 Å². The van der Waals surface area contributed by atoms with Crippen molar-refractivity contribution in [2.24, 2.45) is 0 Å². The molecule has 2 aromatic rings. The minimum Gasteiger partial charge on any atom is -0.325 e. The number of benzene rings is 2. The van der Waals surface area contributed by atoms with Gasteiger partial charge in [-0.05, 0) is 41.5 Å². The Hall–Kier alpha value is -0.810. The molecule has 0 atom stereocenters. The number of halogens is 5. The summed E-state index contributed by atoms with van der Waals surface area (Å²) in [6.07, 6.45) is 1.71. The van der Waals surface area contributed by atoms with Crippen LogP contribution in [0.25, 0.3) is 5.57 Å². The third kappa shape index (κ3) is 7.26. The maximum Gasteiger partial charge on any atom is 0.276 e. The molecule has 0 aliphatic carbocycles. The third-order valence-electron chi connectivity index (χ3n) is 3.31. The summed E-state index contributed by atoms with van der Waals surface area (Å²) in [5, 5.41) is 3.50. The van der Waals surface area contributed by atoms with E-state index in [9.17, 15) is 4.79 Å². The molecule has 1 amide bonds. The molecule has 0 aromatic heterocycles. The number of hydrogen-bond acceptors (Lipinski definition) is 2. The monoisotopic (exact) mass is 479 g/mol. The average molecular weight is 482 g/mol. The number of alkyl halides is 3. The summed E-state index contributed by atoms with van der Waals surface area (Å²) in [6, 6.07) is 14.9. The highest BCUT2D eigenvalue weighted by Crippen LogP contribution is 2.29. The van der Waals surface area contributed by atoms with E-state index >= 15 is 0 Å². The fourth-order valence-electron chi connectivity index (χ4n) is 2.00. The van der Waals surface area contributed by atoms with Crippen LogP contribution in [-0.4, -0.2) is 15.5 Å². The van der Waals surface area contributed by atoms with Crippen molar-refractivity contribution >= 4 is 81.2 Å². The third-order valence-corrected chi connectivity index (χ3v) is 5.62. The average Bonchev–Trinajstić information content (AvgIpc) is 2.62. The van der Waals surface area contributed by atoms with Gasteiger partial charge in [0.05, 0.1) is 10.0 Å². The first-order valence-corrected chi connectivity index (χ1v) is 10.5. The maximum absolute atomic E-state index is 12.1. The van der Waals surface area contributed by atoms with Crippen LogP contribution in [0, 0.1) is 0 Å². The molecule has 1 N–H and O–H groups in total. The molecule has 0 heterocycles. The van der Waals surface area contributed by atoms with Crippen molar-refractivity contribution in [1.82, 2.24) is 5.32 Å². The number of thioether (sulfide) groups is 1. The predicted octanol–water partition coefficient (Wildman–Crippen LogP) is 7.17. The molecule has 0 saturated carbocycles. The SMILES string of the molecule is C=C(/C=C(/CSc1ccccc1)NC(=O)C(Cl)(Cl)Cl)c1ccc(Cl)c(Cl)c1. The number of carbonyl (C=O) groups is 1. The predicted molar refractivity (Wildman–Crippen MR) is 119 cm³/mol. The standard InChI is InChI=1S/C19H14Cl5NOS/c1-12(13-7-8-16(20)17(21)10-13)9-14(25-18(26)19(22,23)24)11-27-15-5-3-2-4-6-15/h2-10H,1,11H2,(H,25,26)/b14-9-. The van der Waals surface area contributed by atoms with Gasteiger partial charge in [-0.15, -0.1) is 11.8 Å². The first kappa shape index (κ1) is 22.5. The summed E-state index contributed by atoms with van der Waals surface area (Å²) in [5.41, 5.74) is 1.92. The van der Waals surface area contributed by atoms with Gasteiger partial charge in [0.2, 0.25) is 0 Å². The molecule has 0 unspecified atom stereocenters. The van der Waals surface area contributed by atoms with E-state index in [1.165, 1.54) is 11.8 Å². The zero-order chi connectivity index (χ0) is 20.0. The zero-order valence-corrected chi connectivity index (χ0v) is 18.4. The molecular formula is C19H14Cl5NOS. The lowest BCUT2D eigenvalue weighted by molar-refractivity contribution is -0.119. The Morgan fingerprint density at radius 3 is 2.33 bits per heavy atom. The molecule has 0 fully saturated rings. The van der Waals surface area contributed by atoms with Crippen molar-refractivity contribution in [2.75, 3.05) is 5.75 Å². The lowest BCUT2D eigenvalue weighted by Crippen LogP contribution is -2.34. The summed E-state index contributed by atoms with van der Waals surface area (Å²) in [5.74, 6) is -0.300. The van der Waals surface area contributed by atoms with Gasteiger partial charge in [-0.3, -0.25) is 4.79 Å². The molecule has 0 saturated heterocycles. The highest BCUT2D eigenvalue weighted by Gasteiger charge is 2.31. The van der Waals surface area contributed by atoms with Crippen LogP contribution < -0.4 is 5.32 Å². The van der Waals surface area contributed by atoms with Gasteiger partial charge in [0.15, 0.2) is 0 Å². The molecule has 142 valence electrons. The van der Waals surface area contributed by atoms with E-state index in [1.807, 2.05) is 30.3 Å². The van der Waals surface area contributed by atoms with Crippen LogP contribution in [0.4, 0.5) is 0 Å². The van der Waals surface area contributed by atoms with E-state index in [-0.39, 0.29) is 0 Å². The maximum atomic E-state index is 12.1. The first-order chi connectivity index (χ1) is 12.7. The zero-order valence-electron chi connectivity index (χ0n) is 13.8. The quantitative estimate of drug-likeness (QED) is 0.269. The minimum atomic E-state index is -2.07. The van der Waals surface area contributed by atoms with Crippen molar-refractivity contribution in [3.8, 4) is 0 Å². The molecule has 0 radical (unpaired) electrons. The second-order valence-corrected chi connectivity index (χ2v) is 9.52. The van der Waals surface area contributed by atoms with E-state index in [0.29, 0.717) is 27.1 Å². The van der Waals surface area contributed by atoms with Crippen LogP contribution in [0.15, 0.2) is 71.8 Å². The van der Waals surface area contributed by atoms with Crippen LogP contribution in [0.1, 0.15) is 5.56 Å². The summed E-state index contributed by atoms with van der Waals surface area (Å²) in [7, 11) is 0. The number of allylic oxidation sites excluding steroid dienone is 2. The van der Waals surface area contributed by atoms with E-state index in [1.54, 1.807) is 24.3 Å². The van der Waals surface area contributed by atoms with Gasteiger partial charge in [0.25, 0.3) is 9.70 Å². The number of rotatable bonds is 6. The lowest BCUT2D eigenvalue weighted by Gasteiger charge is -2.15. The Kier molecular flexibility index (Phi) is 8.41. The molecule has 0 bridgehead atoms. The van der Waals surface area contributed by atoms with E-state index in [4.69, 9.17) is 58.0 Å². The van der Waals surface area contributed by atoms with Gasteiger partial charge in [-0.1, -0.05) is 88.8 Å². The Labute approximate surface area is 187 Å². The second-order valence-electron chi connectivity index (χ2n) is 5.38. The molecule has 8 heteroatoms. The van der Waals surface area contributed by atoms with Gasteiger partial charge < -0.3 is 5.32 Å². The van der Waals surface area contributed by atoms with E-state index in [0.717, 1.165) is 10.5 Å². The fourth-order valence-corrected chi connectivity index (χ4v) is 3.26. The molecule has 27 heavy (non-hydrogen) atoms. The van der Waals surface area contributed by atoms with Gasteiger partial charge in [0.1, 0.15) is 0 Å². The van der Waals surface area contributed by atoms with Gasteiger partial charge in [-0.2, -0.15) is 0 Å². The van der Waals surface area contributed by atoms with Gasteiger partial charge in [-0.25, -0.2) is 0 Å². The van der Waals surface area contributed by atoms with Crippen molar-refractivity contribution in [3.05, 3.63) is 82.5 Å². The summed E-state index contributed by atoms with van der Waals surface area (Å²) in [4.78, 5) is 13.1. The van der Waals surface area contributed by atoms with Crippen LogP contribution in [0.3, 0.4) is 0 Å². The molecule has 2 rings (SSSR count). The smallest absolute Gasteiger partial charge is 0.276 e. The Balaban J connectivity index is 2.23. The molecule has 2 nitrogen and oxygen atoms in total. The summed E-state index contributed by atoms with van der Waals surface area (Å²) < 4.78 is -2.07. The van der Waals surface area contributed by atoms with Crippen LogP contribution in [0.5, 0.6) is 0 Å². The fraction of sp³-hybridized carbons (Fsp3) is 0.105. The number of amides is 1. The molecule has 0 aliphatic heterocycles. The molecule has 2 aromatic carbocycles. The normalized spacial score (nSPS) is 12.0. The first-order valence-electron chi connectivity index (χ1n) is 7.58. The van der Waals surface area contributed by atoms with E-state index < -0.39 is 9.70 Å². The lowest BCUT2D eigenvalue weighted by atomic mass is 10.1. The van der Waals surface area contributed by atoms with Gasteiger partial charge >= 0.3 is 0 Å². The highest BCUT2D eigenvalue weighted by molar-refractivity contribution is 7.99. The summed E-state index contributed by atoms with van der Waals surface area (Å²) in [6.45, 7) is 4.02. The molecule has 0 spiro atoms. The van der Waals surface area contributed by atoms with Crippen LogP contribution in [-0.2, 0) is 4.79 Å². The molecule has 0 aliphatic rings. The largest absolute Gasteiger partial charge is 0.325 e. The van der Waals surface area contributed by atoms with E-state index in [2.05, 4.69) is 11.9 Å². The second kappa shape index (κ2) is 10.1. The minimum absolute atomic E-state index is 0.411. The Morgan fingerprint density at radius 2 is 1.74 bits per heavy atom. The Bertz CT molecular complexity index is 862. The van der Waals surface area contributed by atoms with Crippen molar-refractivity contribution in [3.63, 3.8) is 0 Å².